The number of hydrogen-bond donors (Lipinski definition) is 2. The quantitative estimate of drug-likeness (QED) is 0.684. The number of pyridine rings is 1. The fourth-order valence-corrected chi connectivity index (χ4v) is 2.17. The first-order valence-electron chi connectivity index (χ1n) is 7.71. The van der Waals surface area contributed by atoms with Crippen molar-refractivity contribution in [1.29, 1.82) is 0 Å². The standard InChI is InChI=1S/C17H15FN6O2/c1-11(24-10-19-9-21-24)16(25)22-13-2-4-14(5-3-13)23-17(26)12-6-7-20-15(18)8-12/h2-11H,1H3,(H,22,25)(H,23,26). The Hall–Kier alpha value is -3.62. The van der Waals surface area contributed by atoms with Crippen molar-refractivity contribution in [3.05, 3.63) is 66.8 Å². The van der Waals surface area contributed by atoms with E-state index in [1.807, 2.05) is 0 Å². The molecule has 26 heavy (non-hydrogen) atoms. The number of anilines is 2. The maximum atomic E-state index is 13.1. The van der Waals surface area contributed by atoms with Crippen molar-refractivity contribution in [2.45, 2.75) is 13.0 Å². The molecule has 0 saturated carbocycles. The van der Waals surface area contributed by atoms with E-state index in [0.29, 0.717) is 11.4 Å². The van der Waals surface area contributed by atoms with Gasteiger partial charge in [0.2, 0.25) is 11.9 Å². The molecule has 9 heteroatoms. The maximum absolute atomic E-state index is 13.1. The zero-order valence-electron chi connectivity index (χ0n) is 13.8. The molecular weight excluding hydrogens is 339 g/mol. The summed E-state index contributed by atoms with van der Waals surface area (Å²) in [6, 6.07) is 8.51. The molecule has 0 aliphatic rings. The van der Waals surface area contributed by atoms with Crippen LogP contribution in [-0.2, 0) is 4.79 Å². The van der Waals surface area contributed by atoms with Crippen LogP contribution in [0.4, 0.5) is 15.8 Å². The van der Waals surface area contributed by atoms with Crippen molar-refractivity contribution in [1.82, 2.24) is 19.7 Å². The molecular formula is C17H15FN6O2. The molecule has 2 N–H and O–H groups in total. The van der Waals surface area contributed by atoms with Gasteiger partial charge in [-0.2, -0.15) is 9.49 Å². The van der Waals surface area contributed by atoms with Gasteiger partial charge in [-0.25, -0.2) is 14.6 Å². The lowest BCUT2D eigenvalue weighted by molar-refractivity contribution is -0.119. The average Bonchev–Trinajstić information content (AvgIpc) is 3.17. The van der Waals surface area contributed by atoms with E-state index in [0.717, 1.165) is 6.07 Å². The van der Waals surface area contributed by atoms with Crippen molar-refractivity contribution in [3.8, 4) is 0 Å². The monoisotopic (exact) mass is 354 g/mol. The molecule has 2 amide bonds. The summed E-state index contributed by atoms with van der Waals surface area (Å²) in [6.45, 7) is 1.70. The van der Waals surface area contributed by atoms with Gasteiger partial charge in [0.1, 0.15) is 18.7 Å². The average molecular weight is 354 g/mol. The highest BCUT2D eigenvalue weighted by Gasteiger charge is 2.15. The van der Waals surface area contributed by atoms with Crippen LogP contribution in [-0.4, -0.2) is 31.6 Å². The highest BCUT2D eigenvalue weighted by Crippen LogP contribution is 2.16. The van der Waals surface area contributed by atoms with Crippen molar-refractivity contribution >= 4 is 23.2 Å². The first-order chi connectivity index (χ1) is 12.5. The van der Waals surface area contributed by atoms with E-state index in [9.17, 15) is 14.0 Å². The number of nitrogens with one attached hydrogen (secondary N) is 2. The van der Waals surface area contributed by atoms with Crippen LogP contribution in [0.25, 0.3) is 0 Å². The number of hydrogen-bond acceptors (Lipinski definition) is 5. The molecule has 0 fully saturated rings. The van der Waals surface area contributed by atoms with Gasteiger partial charge in [0.05, 0.1) is 0 Å². The number of carbonyl (C=O) groups excluding carboxylic acids is 2. The van der Waals surface area contributed by atoms with Crippen molar-refractivity contribution < 1.29 is 14.0 Å². The second kappa shape index (κ2) is 7.51. The Kier molecular flexibility index (Phi) is 4.97. The maximum Gasteiger partial charge on any atom is 0.255 e. The van der Waals surface area contributed by atoms with Crippen LogP contribution in [0.5, 0.6) is 0 Å². The Morgan fingerprint density at radius 2 is 1.81 bits per heavy atom. The number of amides is 2. The predicted molar refractivity (Wildman–Crippen MR) is 92.0 cm³/mol. The van der Waals surface area contributed by atoms with Crippen LogP contribution in [0.1, 0.15) is 23.3 Å². The second-order valence-electron chi connectivity index (χ2n) is 5.44. The summed E-state index contributed by atoms with van der Waals surface area (Å²) >= 11 is 0. The van der Waals surface area contributed by atoms with Crippen LogP contribution >= 0.6 is 0 Å². The Labute approximate surface area is 148 Å². The lowest BCUT2D eigenvalue weighted by Crippen LogP contribution is -2.24. The summed E-state index contributed by atoms with van der Waals surface area (Å²) in [4.78, 5) is 31.4. The van der Waals surface area contributed by atoms with Crippen molar-refractivity contribution in [3.63, 3.8) is 0 Å². The molecule has 132 valence electrons. The molecule has 2 heterocycles. The van der Waals surface area contributed by atoms with Gasteiger partial charge in [-0.3, -0.25) is 9.59 Å². The van der Waals surface area contributed by atoms with Crippen LogP contribution in [0.2, 0.25) is 0 Å². The summed E-state index contributed by atoms with van der Waals surface area (Å²) in [7, 11) is 0. The summed E-state index contributed by atoms with van der Waals surface area (Å²) in [5.41, 5.74) is 1.24. The molecule has 0 bridgehead atoms. The van der Waals surface area contributed by atoms with Crippen molar-refractivity contribution in [2.75, 3.05) is 10.6 Å². The highest BCUT2D eigenvalue weighted by molar-refractivity contribution is 6.04. The van der Waals surface area contributed by atoms with Gasteiger partial charge in [0.15, 0.2) is 0 Å². The molecule has 2 aromatic heterocycles. The summed E-state index contributed by atoms with van der Waals surface area (Å²) < 4.78 is 14.5. The Morgan fingerprint density at radius 1 is 1.12 bits per heavy atom. The van der Waals surface area contributed by atoms with Gasteiger partial charge >= 0.3 is 0 Å². The number of halogens is 1. The molecule has 0 aliphatic heterocycles. The van der Waals surface area contributed by atoms with Gasteiger partial charge < -0.3 is 10.6 Å². The minimum Gasteiger partial charge on any atom is -0.324 e. The molecule has 0 spiro atoms. The highest BCUT2D eigenvalue weighted by atomic mass is 19.1. The Morgan fingerprint density at radius 3 is 2.42 bits per heavy atom. The SMILES string of the molecule is CC(C(=O)Nc1ccc(NC(=O)c2ccnc(F)c2)cc1)n1cncn1. The number of nitrogens with zero attached hydrogens (tertiary/aromatic N) is 4. The minimum absolute atomic E-state index is 0.163. The smallest absolute Gasteiger partial charge is 0.255 e. The number of benzene rings is 1. The molecule has 0 aliphatic carbocycles. The van der Waals surface area contributed by atoms with Crippen LogP contribution in [0, 0.1) is 5.95 Å². The molecule has 1 aromatic carbocycles. The largest absolute Gasteiger partial charge is 0.324 e. The fraction of sp³-hybridized carbons (Fsp3) is 0.118. The van der Waals surface area contributed by atoms with Gasteiger partial charge in [0, 0.05) is 29.2 Å². The Balaban J connectivity index is 1.61. The van der Waals surface area contributed by atoms with E-state index in [-0.39, 0.29) is 11.5 Å². The first kappa shape index (κ1) is 17.2. The van der Waals surface area contributed by atoms with Crippen LogP contribution in [0.15, 0.2) is 55.2 Å². The third-order valence-corrected chi connectivity index (χ3v) is 3.61. The van der Waals surface area contributed by atoms with Crippen LogP contribution in [0.3, 0.4) is 0 Å². The van der Waals surface area contributed by atoms with E-state index < -0.39 is 17.9 Å². The normalized spacial score (nSPS) is 11.6. The van der Waals surface area contributed by atoms with Gasteiger partial charge in [0.25, 0.3) is 5.91 Å². The van der Waals surface area contributed by atoms with E-state index in [2.05, 4.69) is 25.7 Å². The molecule has 1 unspecified atom stereocenters. The molecule has 0 radical (unpaired) electrons. The summed E-state index contributed by atoms with van der Waals surface area (Å²) in [6.07, 6.45) is 4.04. The van der Waals surface area contributed by atoms with Gasteiger partial charge in [-0.05, 0) is 37.3 Å². The molecule has 8 nitrogen and oxygen atoms in total. The van der Waals surface area contributed by atoms with E-state index in [1.54, 1.807) is 31.2 Å². The van der Waals surface area contributed by atoms with Crippen LogP contribution < -0.4 is 10.6 Å². The summed E-state index contributed by atoms with van der Waals surface area (Å²) in [5, 5.41) is 9.32. The van der Waals surface area contributed by atoms with E-state index in [4.69, 9.17) is 0 Å². The molecule has 3 aromatic rings. The zero-order valence-corrected chi connectivity index (χ0v) is 13.8. The lowest BCUT2D eigenvalue weighted by Gasteiger charge is -2.12. The second-order valence-corrected chi connectivity index (χ2v) is 5.44. The first-order valence-corrected chi connectivity index (χ1v) is 7.71. The third-order valence-electron chi connectivity index (χ3n) is 3.61. The van der Waals surface area contributed by atoms with E-state index >= 15 is 0 Å². The van der Waals surface area contributed by atoms with Gasteiger partial charge in [-0.1, -0.05) is 0 Å². The number of carbonyl (C=O) groups is 2. The third kappa shape index (κ3) is 4.07. The van der Waals surface area contributed by atoms with Gasteiger partial charge in [-0.15, -0.1) is 0 Å². The minimum atomic E-state index is -0.725. The summed E-state index contributed by atoms with van der Waals surface area (Å²) in [5.74, 6) is -1.43. The lowest BCUT2D eigenvalue weighted by atomic mass is 10.2. The molecule has 0 saturated heterocycles. The fourth-order valence-electron chi connectivity index (χ4n) is 2.17. The topological polar surface area (TPSA) is 102 Å². The predicted octanol–water partition coefficient (Wildman–Crippen LogP) is 2.26. The number of rotatable bonds is 5. The number of aromatic nitrogens is 4. The van der Waals surface area contributed by atoms with E-state index in [1.165, 1.54) is 29.6 Å². The molecule has 3 rings (SSSR count). The van der Waals surface area contributed by atoms with Crippen molar-refractivity contribution in [2.24, 2.45) is 0 Å². The zero-order chi connectivity index (χ0) is 18.5. The molecule has 1 atom stereocenters. The Bertz CT molecular complexity index is 911.